The molecular weight excluding hydrogens is 222 g/mol. The van der Waals surface area contributed by atoms with Gasteiger partial charge in [0.05, 0.1) is 7.11 Å². The zero-order valence-electron chi connectivity index (χ0n) is 9.63. The topological polar surface area (TPSA) is 21.3 Å². The van der Waals surface area contributed by atoms with Gasteiger partial charge in [0.2, 0.25) is 0 Å². The lowest BCUT2D eigenvalue weighted by Gasteiger charge is -2.16. The summed E-state index contributed by atoms with van der Waals surface area (Å²) < 4.78 is 5.17. The summed E-state index contributed by atoms with van der Waals surface area (Å²) in [5.41, 5.74) is 1.27. The molecule has 1 aliphatic rings. The van der Waals surface area contributed by atoms with Crippen LogP contribution in [-0.2, 0) is 0 Å². The van der Waals surface area contributed by atoms with Gasteiger partial charge in [0.1, 0.15) is 5.75 Å². The molecule has 3 heteroatoms. The molecule has 88 valence electrons. The van der Waals surface area contributed by atoms with Crippen molar-refractivity contribution in [2.45, 2.75) is 25.2 Å². The fourth-order valence-electron chi connectivity index (χ4n) is 2.30. The van der Waals surface area contributed by atoms with Crippen molar-refractivity contribution >= 4 is 11.6 Å². The van der Waals surface area contributed by atoms with Crippen LogP contribution in [0.5, 0.6) is 5.75 Å². The van der Waals surface area contributed by atoms with E-state index in [1.54, 1.807) is 7.11 Å². The standard InChI is InChI=1S/C13H18ClNO/c1-16-11-4-5-12(13(14)9-11)10-3-2-7-15-8-6-10/h4-5,9-10,15H,2-3,6-8H2,1H3. The molecular formula is C13H18ClNO. The van der Waals surface area contributed by atoms with Gasteiger partial charge in [0.15, 0.2) is 0 Å². The molecule has 1 atom stereocenters. The lowest BCUT2D eigenvalue weighted by atomic mass is 9.92. The Bertz CT molecular complexity index is 346. The summed E-state index contributed by atoms with van der Waals surface area (Å²) in [6.45, 7) is 2.22. The summed E-state index contributed by atoms with van der Waals surface area (Å²) in [6.07, 6.45) is 3.62. The molecule has 1 aromatic carbocycles. The summed E-state index contributed by atoms with van der Waals surface area (Å²) in [4.78, 5) is 0. The Balaban J connectivity index is 2.18. The maximum atomic E-state index is 6.29. The fraction of sp³-hybridized carbons (Fsp3) is 0.538. The molecule has 1 saturated heterocycles. The zero-order chi connectivity index (χ0) is 11.4. The first-order chi connectivity index (χ1) is 7.81. The van der Waals surface area contributed by atoms with Gasteiger partial charge in [-0.05, 0) is 56.0 Å². The number of ether oxygens (including phenoxy) is 1. The average molecular weight is 240 g/mol. The van der Waals surface area contributed by atoms with E-state index in [2.05, 4.69) is 11.4 Å². The lowest BCUT2D eigenvalue weighted by molar-refractivity contribution is 0.414. The van der Waals surface area contributed by atoms with Gasteiger partial charge in [0.25, 0.3) is 0 Å². The van der Waals surface area contributed by atoms with Gasteiger partial charge in [-0.1, -0.05) is 17.7 Å². The van der Waals surface area contributed by atoms with Gasteiger partial charge in [-0.25, -0.2) is 0 Å². The van der Waals surface area contributed by atoms with Crippen LogP contribution in [0.15, 0.2) is 18.2 Å². The Kier molecular flexibility index (Phi) is 4.08. The third kappa shape index (κ3) is 2.69. The summed E-state index contributed by atoms with van der Waals surface area (Å²) in [7, 11) is 1.67. The SMILES string of the molecule is COc1ccc(C2CCCNCC2)c(Cl)c1. The molecule has 0 aromatic heterocycles. The second kappa shape index (κ2) is 5.55. The van der Waals surface area contributed by atoms with Crippen molar-refractivity contribution in [1.82, 2.24) is 5.32 Å². The van der Waals surface area contributed by atoms with E-state index < -0.39 is 0 Å². The Morgan fingerprint density at radius 1 is 1.31 bits per heavy atom. The summed E-state index contributed by atoms with van der Waals surface area (Å²) in [6, 6.07) is 6.02. The Labute approximate surface area is 102 Å². The van der Waals surface area contributed by atoms with E-state index >= 15 is 0 Å². The Morgan fingerprint density at radius 3 is 2.94 bits per heavy atom. The monoisotopic (exact) mass is 239 g/mol. The normalized spacial score (nSPS) is 21.5. The molecule has 0 aliphatic carbocycles. The quantitative estimate of drug-likeness (QED) is 0.856. The minimum atomic E-state index is 0.591. The van der Waals surface area contributed by atoms with Gasteiger partial charge >= 0.3 is 0 Å². The van der Waals surface area contributed by atoms with Crippen LogP contribution in [0.4, 0.5) is 0 Å². The van der Waals surface area contributed by atoms with E-state index in [1.165, 1.54) is 24.8 Å². The van der Waals surface area contributed by atoms with Crippen LogP contribution in [0, 0.1) is 0 Å². The first kappa shape index (κ1) is 11.7. The molecule has 0 saturated carbocycles. The number of nitrogens with one attached hydrogen (secondary N) is 1. The number of rotatable bonds is 2. The van der Waals surface area contributed by atoms with Crippen LogP contribution in [0.3, 0.4) is 0 Å². The highest BCUT2D eigenvalue weighted by Crippen LogP contribution is 2.33. The minimum absolute atomic E-state index is 0.591. The highest BCUT2D eigenvalue weighted by molar-refractivity contribution is 6.31. The molecule has 1 aliphatic heterocycles. The van der Waals surface area contributed by atoms with E-state index in [9.17, 15) is 0 Å². The highest BCUT2D eigenvalue weighted by atomic mass is 35.5. The van der Waals surface area contributed by atoms with Crippen LogP contribution < -0.4 is 10.1 Å². The fourth-order valence-corrected chi connectivity index (χ4v) is 2.62. The van der Waals surface area contributed by atoms with Gasteiger partial charge in [-0.15, -0.1) is 0 Å². The smallest absolute Gasteiger partial charge is 0.120 e. The van der Waals surface area contributed by atoms with Crippen molar-refractivity contribution in [3.63, 3.8) is 0 Å². The lowest BCUT2D eigenvalue weighted by Crippen LogP contribution is -2.13. The van der Waals surface area contributed by atoms with E-state index in [1.807, 2.05) is 12.1 Å². The highest BCUT2D eigenvalue weighted by Gasteiger charge is 2.16. The number of hydrogen-bond donors (Lipinski definition) is 1. The second-order valence-electron chi connectivity index (χ2n) is 4.27. The van der Waals surface area contributed by atoms with Gasteiger partial charge in [-0.3, -0.25) is 0 Å². The molecule has 1 aromatic rings. The van der Waals surface area contributed by atoms with Crippen LogP contribution in [0.1, 0.15) is 30.7 Å². The third-order valence-electron chi connectivity index (χ3n) is 3.22. The zero-order valence-corrected chi connectivity index (χ0v) is 10.4. The summed E-state index contributed by atoms with van der Waals surface area (Å²) in [5.74, 6) is 1.42. The number of hydrogen-bond acceptors (Lipinski definition) is 2. The van der Waals surface area contributed by atoms with Crippen LogP contribution in [0.2, 0.25) is 5.02 Å². The predicted octanol–water partition coefficient (Wildman–Crippen LogP) is 3.21. The van der Waals surface area contributed by atoms with E-state index in [4.69, 9.17) is 16.3 Å². The maximum Gasteiger partial charge on any atom is 0.120 e. The molecule has 16 heavy (non-hydrogen) atoms. The first-order valence-corrected chi connectivity index (χ1v) is 6.23. The minimum Gasteiger partial charge on any atom is -0.497 e. The molecule has 0 radical (unpaired) electrons. The van der Waals surface area contributed by atoms with Gasteiger partial charge in [-0.2, -0.15) is 0 Å². The largest absolute Gasteiger partial charge is 0.497 e. The number of benzene rings is 1. The van der Waals surface area contributed by atoms with Crippen molar-refractivity contribution in [2.24, 2.45) is 0 Å². The van der Waals surface area contributed by atoms with Crippen molar-refractivity contribution in [3.8, 4) is 5.75 Å². The molecule has 1 fully saturated rings. The van der Waals surface area contributed by atoms with Crippen molar-refractivity contribution in [3.05, 3.63) is 28.8 Å². The van der Waals surface area contributed by atoms with Crippen molar-refractivity contribution in [1.29, 1.82) is 0 Å². The molecule has 2 nitrogen and oxygen atoms in total. The summed E-state index contributed by atoms with van der Waals surface area (Å²) in [5, 5.41) is 4.26. The molecule has 0 spiro atoms. The second-order valence-corrected chi connectivity index (χ2v) is 4.67. The molecule has 1 N–H and O–H groups in total. The average Bonchev–Trinajstić information content (AvgIpc) is 2.57. The third-order valence-corrected chi connectivity index (χ3v) is 3.55. The van der Waals surface area contributed by atoms with E-state index in [0.717, 1.165) is 23.9 Å². The van der Waals surface area contributed by atoms with Gasteiger partial charge < -0.3 is 10.1 Å². The van der Waals surface area contributed by atoms with Crippen LogP contribution in [0.25, 0.3) is 0 Å². The predicted molar refractivity (Wildman–Crippen MR) is 67.5 cm³/mol. The molecule has 0 amide bonds. The molecule has 2 rings (SSSR count). The van der Waals surface area contributed by atoms with Gasteiger partial charge in [0, 0.05) is 5.02 Å². The van der Waals surface area contributed by atoms with Crippen LogP contribution >= 0.6 is 11.6 Å². The maximum absolute atomic E-state index is 6.29. The molecule has 0 bridgehead atoms. The van der Waals surface area contributed by atoms with E-state index in [-0.39, 0.29) is 0 Å². The number of methoxy groups -OCH3 is 1. The number of halogens is 1. The summed E-state index contributed by atoms with van der Waals surface area (Å²) >= 11 is 6.29. The van der Waals surface area contributed by atoms with Crippen molar-refractivity contribution in [2.75, 3.05) is 20.2 Å². The molecule has 1 heterocycles. The van der Waals surface area contributed by atoms with E-state index in [0.29, 0.717) is 5.92 Å². The van der Waals surface area contributed by atoms with Crippen molar-refractivity contribution < 1.29 is 4.74 Å². The Morgan fingerprint density at radius 2 is 2.19 bits per heavy atom. The Hall–Kier alpha value is -0.730. The molecule has 1 unspecified atom stereocenters. The van der Waals surface area contributed by atoms with Crippen LogP contribution in [-0.4, -0.2) is 20.2 Å². The first-order valence-electron chi connectivity index (χ1n) is 5.85.